The number of likely N-dealkylation sites (tertiary alicyclic amines) is 1. The summed E-state index contributed by atoms with van der Waals surface area (Å²) in [4.78, 5) is 18.8. The molecule has 1 N–H and O–H groups in total. The zero-order valence-corrected chi connectivity index (χ0v) is 16.5. The van der Waals surface area contributed by atoms with E-state index in [4.69, 9.17) is 9.26 Å². The second-order valence-corrected chi connectivity index (χ2v) is 8.03. The van der Waals surface area contributed by atoms with Crippen LogP contribution in [0.2, 0.25) is 0 Å². The van der Waals surface area contributed by atoms with Crippen LogP contribution in [0.5, 0.6) is 5.75 Å². The molecule has 0 spiro atoms. The van der Waals surface area contributed by atoms with E-state index in [1.54, 1.807) is 7.11 Å². The summed E-state index contributed by atoms with van der Waals surface area (Å²) in [5, 5.41) is 7.13. The molecule has 1 aromatic carbocycles. The lowest BCUT2D eigenvalue weighted by molar-refractivity contribution is -0.123. The molecule has 0 unspecified atom stereocenters. The number of methoxy groups -OCH3 is 1. The standard InChI is InChI=1S/C20H28N4O3/c1-20(2,3)22-17(25)13-24-11-9-15(10-12-24)19-21-18(23-27-19)14-5-7-16(26-4)8-6-14/h5-8,15H,9-13H2,1-4H3,(H,22,25). The maximum atomic E-state index is 12.1. The van der Waals surface area contributed by atoms with E-state index in [9.17, 15) is 4.79 Å². The fraction of sp³-hybridized carbons (Fsp3) is 0.550. The van der Waals surface area contributed by atoms with Crippen molar-refractivity contribution >= 4 is 5.91 Å². The Hall–Kier alpha value is -2.41. The molecule has 146 valence electrons. The molecule has 0 bridgehead atoms. The van der Waals surface area contributed by atoms with Gasteiger partial charge in [-0.3, -0.25) is 9.69 Å². The van der Waals surface area contributed by atoms with E-state index in [0.29, 0.717) is 18.3 Å². The number of piperidine rings is 1. The van der Waals surface area contributed by atoms with Gasteiger partial charge < -0.3 is 14.6 Å². The Bertz CT molecular complexity index is 756. The number of rotatable bonds is 5. The first-order chi connectivity index (χ1) is 12.8. The zero-order valence-electron chi connectivity index (χ0n) is 16.5. The lowest BCUT2D eigenvalue weighted by atomic mass is 9.96. The highest BCUT2D eigenvalue weighted by molar-refractivity contribution is 5.78. The summed E-state index contributed by atoms with van der Waals surface area (Å²) >= 11 is 0. The Morgan fingerprint density at radius 1 is 1.26 bits per heavy atom. The highest BCUT2D eigenvalue weighted by atomic mass is 16.5. The number of benzene rings is 1. The molecular weight excluding hydrogens is 344 g/mol. The highest BCUT2D eigenvalue weighted by Gasteiger charge is 2.27. The molecule has 2 heterocycles. The molecule has 1 aromatic heterocycles. The van der Waals surface area contributed by atoms with Crippen LogP contribution in [0.4, 0.5) is 0 Å². The van der Waals surface area contributed by atoms with Crippen LogP contribution in [0.25, 0.3) is 11.4 Å². The molecule has 1 saturated heterocycles. The van der Waals surface area contributed by atoms with E-state index < -0.39 is 0 Å². The molecule has 1 fully saturated rings. The largest absolute Gasteiger partial charge is 0.497 e. The number of nitrogens with one attached hydrogen (secondary N) is 1. The van der Waals surface area contributed by atoms with Gasteiger partial charge in [0.1, 0.15) is 5.75 Å². The van der Waals surface area contributed by atoms with Crippen molar-refractivity contribution in [1.29, 1.82) is 0 Å². The Morgan fingerprint density at radius 3 is 2.52 bits per heavy atom. The summed E-state index contributed by atoms with van der Waals surface area (Å²) in [6.07, 6.45) is 1.82. The second-order valence-electron chi connectivity index (χ2n) is 8.03. The van der Waals surface area contributed by atoms with Crippen LogP contribution in [0.3, 0.4) is 0 Å². The molecular formula is C20H28N4O3. The van der Waals surface area contributed by atoms with Crippen LogP contribution in [-0.4, -0.2) is 53.2 Å². The molecule has 3 rings (SSSR count). The highest BCUT2D eigenvalue weighted by Crippen LogP contribution is 2.28. The van der Waals surface area contributed by atoms with Crippen LogP contribution in [0.15, 0.2) is 28.8 Å². The Labute approximate surface area is 160 Å². The van der Waals surface area contributed by atoms with Crippen molar-refractivity contribution in [2.24, 2.45) is 0 Å². The smallest absolute Gasteiger partial charge is 0.234 e. The minimum absolute atomic E-state index is 0.0699. The average Bonchev–Trinajstić information content (AvgIpc) is 3.11. The van der Waals surface area contributed by atoms with Crippen molar-refractivity contribution in [1.82, 2.24) is 20.4 Å². The minimum Gasteiger partial charge on any atom is -0.497 e. The summed E-state index contributed by atoms with van der Waals surface area (Å²) in [6.45, 7) is 8.11. The second kappa shape index (κ2) is 8.08. The molecule has 1 aliphatic rings. The van der Waals surface area contributed by atoms with Crippen molar-refractivity contribution < 1.29 is 14.1 Å². The van der Waals surface area contributed by atoms with Gasteiger partial charge in [-0.15, -0.1) is 0 Å². The number of nitrogens with zero attached hydrogens (tertiary/aromatic N) is 3. The van der Waals surface area contributed by atoms with Crippen LogP contribution < -0.4 is 10.1 Å². The molecule has 0 atom stereocenters. The van der Waals surface area contributed by atoms with E-state index in [0.717, 1.165) is 37.2 Å². The van der Waals surface area contributed by atoms with Gasteiger partial charge in [0.25, 0.3) is 0 Å². The molecule has 7 nitrogen and oxygen atoms in total. The number of hydrogen-bond acceptors (Lipinski definition) is 6. The number of aromatic nitrogens is 2. The van der Waals surface area contributed by atoms with Gasteiger partial charge in [-0.1, -0.05) is 5.16 Å². The molecule has 0 radical (unpaired) electrons. The fourth-order valence-corrected chi connectivity index (χ4v) is 3.26. The van der Waals surface area contributed by atoms with E-state index in [-0.39, 0.29) is 17.4 Å². The molecule has 7 heteroatoms. The maximum Gasteiger partial charge on any atom is 0.234 e. The van der Waals surface area contributed by atoms with E-state index in [2.05, 4.69) is 20.4 Å². The van der Waals surface area contributed by atoms with Crippen LogP contribution in [0, 0.1) is 0 Å². The van der Waals surface area contributed by atoms with Crippen LogP contribution in [-0.2, 0) is 4.79 Å². The summed E-state index contributed by atoms with van der Waals surface area (Å²) in [5.41, 5.74) is 0.707. The molecule has 1 aliphatic heterocycles. The van der Waals surface area contributed by atoms with E-state index in [1.165, 1.54) is 0 Å². The normalized spacial score (nSPS) is 16.3. The molecule has 27 heavy (non-hydrogen) atoms. The van der Waals surface area contributed by atoms with Gasteiger partial charge in [0, 0.05) is 17.0 Å². The van der Waals surface area contributed by atoms with Crippen LogP contribution >= 0.6 is 0 Å². The lowest BCUT2D eigenvalue weighted by Crippen LogP contribution is -2.47. The average molecular weight is 372 g/mol. The topological polar surface area (TPSA) is 80.5 Å². The number of amides is 1. The van der Waals surface area contributed by atoms with Crippen molar-refractivity contribution in [3.63, 3.8) is 0 Å². The monoisotopic (exact) mass is 372 g/mol. The predicted octanol–water partition coefficient (Wildman–Crippen LogP) is 2.84. The van der Waals surface area contributed by atoms with Gasteiger partial charge in [-0.2, -0.15) is 4.98 Å². The fourth-order valence-electron chi connectivity index (χ4n) is 3.26. The third-order valence-corrected chi connectivity index (χ3v) is 4.61. The van der Waals surface area contributed by atoms with E-state index in [1.807, 2.05) is 45.0 Å². The van der Waals surface area contributed by atoms with Crippen molar-refractivity contribution in [3.05, 3.63) is 30.2 Å². The molecule has 1 amide bonds. The van der Waals surface area contributed by atoms with Crippen LogP contribution in [0.1, 0.15) is 45.4 Å². The summed E-state index contributed by atoms with van der Waals surface area (Å²) in [5.74, 6) is 2.39. The van der Waals surface area contributed by atoms with Gasteiger partial charge in [0.15, 0.2) is 0 Å². The third kappa shape index (κ3) is 5.29. The Kier molecular flexibility index (Phi) is 5.79. The first-order valence-electron chi connectivity index (χ1n) is 9.35. The molecule has 0 saturated carbocycles. The summed E-state index contributed by atoms with van der Waals surface area (Å²) in [6, 6.07) is 7.60. The Balaban J connectivity index is 1.54. The predicted molar refractivity (Wildman–Crippen MR) is 103 cm³/mol. The quantitative estimate of drug-likeness (QED) is 0.869. The van der Waals surface area contributed by atoms with Gasteiger partial charge in [0.05, 0.1) is 13.7 Å². The summed E-state index contributed by atoms with van der Waals surface area (Å²) in [7, 11) is 1.64. The van der Waals surface area contributed by atoms with Crippen molar-refractivity contribution in [2.45, 2.75) is 45.1 Å². The first kappa shape index (κ1) is 19.4. The van der Waals surface area contributed by atoms with E-state index >= 15 is 0 Å². The molecule has 0 aliphatic carbocycles. The van der Waals surface area contributed by atoms with Gasteiger partial charge in [0.2, 0.25) is 17.6 Å². The summed E-state index contributed by atoms with van der Waals surface area (Å²) < 4.78 is 10.7. The number of carbonyl (C=O) groups is 1. The van der Waals surface area contributed by atoms with Gasteiger partial charge >= 0.3 is 0 Å². The van der Waals surface area contributed by atoms with Gasteiger partial charge in [-0.25, -0.2) is 0 Å². The number of hydrogen-bond donors (Lipinski definition) is 1. The molecule has 2 aromatic rings. The van der Waals surface area contributed by atoms with Gasteiger partial charge in [-0.05, 0) is 71.0 Å². The van der Waals surface area contributed by atoms with Crippen molar-refractivity contribution in [3.8, 4) is 17.1 Å². The number of carbonyl (C=O) groups excluding carboxylic acids is 1. The van der Waals surface area contributed by atoms with Crippen molar-refractivity contribution in [2.75, 3.05) is 26.7 Å². The Morgan fingerprint density at radius 2 is 1.93 bits per heavy atom. The number of ether oxygens (including phenoxy) is 1. The zero-order chi connectivity index (χ0) is 19.4. The maximum absolute atomic E-state index is 12.1. The minimum atomic E-state index is -0.197. The third-order valence-electron chi connectivity index (χ3n) is 4.61. The first-order valence-corrected chi connectivity index (χ1v) is 9.35. The SMILES string of the molecule is COc1ccc(-c2noc(C3CCN(CC(=O)NC(C)(C)C)CC3)n2)cc1. The lowest BCUT2D eigenvalue weighted by Gasteiger charge is -2.31.